The van der Waals surface area contributed by atoms with Crippen LogP contribution in [0, 0.1) is 6.20 Å². The van der Waals surface area contributed by atoms with Crippen LogP contribution >= 0.6 is 0 Å². The Morgan fingerprint density at radius 3 is 2.79 bits per heavy atom. The molecule has 0 atom stereocenters. The van der Waals surface area contributed by atoms with E-state index in [0.29, 0.717) is 0 Å². The van der Waals surface area contributed by atoms with Crippen LogP contribution < -0.4 is 4.74 Å². The molecule has 1 aromatic carbocycles. The molecule has 2 aromatic rings. The fraction of sp³-hybridized carbons (Fsp3) is 0.182. The first-order chi connectivity index (χ1) is 6.83. The van der Waals surface area contributed by atoms with Gasteiger partial charge in [0.25, 0.3) is 0 Å². The molecule has 14 heavy (non-hydrogen) atoms. The summed E-state index contributed by atoms with van der Waals surface area (Å²) in [7, 11) is 3.60. The Hall–Kier alpha value is -1.77. The highest BCUT2D eigenvalue weighted by Crippen LogP contribution is 2.28. The van der Waals surface area contributed by atoms with Gasteiger partial charge in [-0.15, -0.1) is 6.07 Å². The lowest BCUT2D eigenvalue weighted by atomic mass is 10.1. The molecule has 0 radical (unpaired) electrons. The minimum absolute atomic E-state index is 0.840. The maximum absolute atomic E-state index is 5.26. The van der Waals surface area contributed by atoms with Gasteiger partial charge in [0, 0.05) is 0 Å². The maximum Gasteiger partial charge on any atom is 0.0759 e. The van der Waals surface area contributed by atoms with Crippen LogP contribution in [-0.2, 0) is 7.05 Å². The molecule has 72 valence electrons. The summed E-state index contributed by atoms with van der Waals surface area (Å²) in [5.74, 6) is 0.840. The number of imidazole rings is 1. The average molecular weight is 187 g/mol. The van der Waals surface area contributed by atoms with Gasteiger partial charge in [-0.1, -0.05) is 29.6 Å². The van der Waals surface area contributed by atoms with Crippen molar-refractivity contribution in [2.75, 3.05) is 7.11 Å². The number of aryl methyl sites for hydroxylation is 1. The van der Waals surface area contributed by atoms with Gasteiger partial charge in [0.05, 0.1) is 12.9 Å². The van der Waals surface area contributed by atoms with Gasteiger partial charge >= 0.3 is 0 Å². The van der Waals surface area contributed by atoms with Gasteiger partial charge in [-0.05, 0) is 19.4 Å². The lowest BCUT2D eigenvalue weighted by Crippen LogP contribution is -1.92. The fourth-order valence-electron chi connectivity index (χ4n) is 1.40. The van der Waals surface area contributed by atoms with E-state index in [0.717, 1.165) is 17.0 Å². The van der Waals surface area contributed by atoms with Gasteiger partial charge in [-0.25, -0.2) is 0 Å². The van der Waals surface area contributed by atoms with Gasteiger partial charge in [0.1, 0.15) is 0 Å². The van der Waals surface area contributed by atoms with E-state index in [1.807, 2.05) is 35.9 Å². The topological polar surface area (TPSA) is 27.1 Å². The molecule has 0 unspecified atom stereocenters. The minimum Gasteiger partial charge on any atom is -0.509 e. The Balaban J connectivity index is 2.56. The van der Waals surface area contributed by atoms with Crippen LogP contribution in [-0.4, -0.2) is 16.7 Å². The summed E-state index contributed by atoms with van der Waals surface area (Å²) in [6, 6.07) is 7.83. The molecule has 0 N–H and O–H groups in total. The first-order valence-corrected chi connectivity index (χ1v) is 4.35. The van der Waals surface area contributed by atoms with Crippen molar-refractivity contribution >= 4 is 0 Å². The SMILES string of the molecule is COc1ccccc1-c1[c-]ncn1C. The Labute approximate surface area is 83.0 Å². The molecule has 0 amide bonds. The molecular weight excluding hydrogens is 176 g/mol. The first-order valence-electron chi connectivity index (χ1n) is 4.35. The highest BCUT2D eigenvalue weighted by molar-refractivity contribution is 5.66. The predicted molar refractivity (Wildman–Crippen MR) is 54.0 cm³/mol. The summed E-state index contributed by atoms with van der Waals surface area (Å²) in [5.41, 5.74) is 1.94. The molecule has 0 aliphatic heterocycles. The molecule has 0 saturated carbocycles. The van der Waals surface area contributed by atoms with Crippen LogP contribution in [0.25, 0.3) is 11.3 Å². The minimum atomic E-state index is 0.840. The monoisotopic (exact) mass is 187 g/mol. The molecule has 0 aliphatic carbocycles. The number of methoxy groups -OCH3 is 1. The molecule has 1 heterocycles. The normalized spacial score (nSPS) is 10.1. The molecule has 2 rings (SSSR count). The fourth-order valence-corrected chi connectivity index (χ4v) is 1.40. The first kappa shape index (κ1) is 8.81. The number of nitrogens with zero attached hydrogens (tertiary/aromatic N) is 2. The molecule has 0 bridgehead atoms. The number of rotatable bonds is 2. The van der Waals surface area contributed by atoms with Crippen molar-refractivity contribution in [2.24, 2.45) is 7.05 Å². The molecule has 0 spiro atoms. The number of benzene rings is 1. The second-order valence-corrected chi connectivity index (χ2v) is 3.02. The summed E-state index contributed by atoms with van der Waals surface area (Å²) in [5, 5.41) is 0. The molecule has 0 saturated heterocycles. The van der Waals surface area contributed by atoms with E-state index in [1.54, 1.807) is 13.4 Å². The molecule has 3 heteroatoms. The third-order valence-electron chi connectivity index (χ3n) is 2.12. The summed E-state index contributed by atoms with van der Waals surface area (Å²) >= 11 is 0. The van der Waals surface area contributed by atoms with Crippen LogP contribution in [0.1, 0.15) is 0 Å². The van der Waals surface area contributed by atoms with Gasteiger partial charge in [-0.2, -0.15) is 0 Å². The highest BCUT2D eigenvalue weighted by atomic mass is 16.5. The number of hydrogen-bond donors (Lipinski definition) is 0. The third kappa shape index (κ3) is 1.37. The zero-order valence-corrected chi connectivity index (χ0v) is 8.19. The predicted octanol–water partition coefficient (Wildman–Crippen LogP) is 1.90. The second-order valence-electron chi connectivity index (χ2n) is 3.02. The molecule has 0 fully saturated rings. The van der Waals surface area contributed by atoms with Crippen LogP contribution in [0.2, 0.25) is 0 Å². The lowest BCUT2D eigenvalue weighted by Gasteiger charge is -2.14. The van der Waals surface area contributed by atoms with E-state index in [-0.39, 0.29) is 0 Å². The van der Waals surface area contributed by atoms with Crippen molar-refractivity contribution in [1.82, 2.24) is 9.55 Å². The maximum atomic E-state index is 5.26. The molecule has 0 aliphatic rings. The van der Waals surface area contributed by atoms with Crippen molar-refractivity contribution in [2.45, 2.75) is 0 Å². The van der Waals surface area contributed by atoms with Crippen molar-refractivity contribution in [3.05, 3.63) is 36.8 Å². The van der Waals surface area contributed by atoms with Crippen molar-refractivity contribution < 1.29 is 4.74 Å². The number of aromatic nitrogens is 2. The van der Waals surface area contributed by atoms with Crippen molar-refractivity contribution in [1.29, 1.82) is 0 Å². The Bertz CT molecular complexity index is 434. The summed E-state index contributed by atoms with van der Waals surface area (Å²) in [4.78, 5) is 3.96. The number of para-hydroxylation sites is 1. The summed E-state index contributed by atoms with van der Waals surface area (Å²) in [6.07, 6.45) is 4.65. The van der Waals surface area contributed by atoms with Crippen LogP contribution in [0.5, 0.6) is 5.75 Å². The number of ether oxygens (including phenoxy) is 1. The van der Waals surface area contributed by atoms with Gasteiger partial charge in [0.2, 0.25) is 0 Å². The van der Waals surface area contributed by atoms with E-state index in [2.05, 4.69) is 11.2 Å². The lowest BCUT2D eigenvalue weighted by molar-refractivity contribution is 0.416. The van der Waals surface area contributed by atoms with E-state index >= 15 is 0 Å². The van der Waals surface area contributed by atoms with Crippen LogP contribution in [0.4, 0.5) is 0 Å². The zero-order chi connectivity index (χ0) is 9.97. The van der Waals surface area contributed by atoms with Crippen LogP contribution in [0.3, 0.4) is 0 Å². The number of hydrogen-bond acceptors (Lipinski definition) is 2. The summed E-state index contributed by atoms with van der Waals surface area (Å²) < 4.78 is 7.18. The van der Waals surface area contributed by atoms with E-state index < -0.39 is 0 Å². The van der Waals surface area contributed by atoms with Crippen molar-refractivity contribution in [3.63, 3.8) is 0 Å². The van der Waals surface area contributed by atoms with E-state index in [1.165, 1.54) is 0 Å². The third-order valence-corrected chi connectivity index (χ3v) is 2.12. The Morgan fingerprint density at radius 1 is 1.36 bits per heavy atom. The summed E-state index contributed by atoms with van der Waals surface area (Å²) in [6.45, 7) is 0. The standard InChI is InChI=1S/C11H11N2O/c1-13-8-12-7-10(13)9-5-3-4-6-11(9)14-2/h3-6,8H,1-2H3/q-1. The second kappa shape index (κ2) is 3.54. The zero-order valence-electron chi connectivity index (χ0n) is 8.19. The average Bonchev–Trinajstić information content (AvgIpc) is 2.64. The van der Waals surface area contributed by atoms with E-state index in [9.17, 15) is 0 Å². The van der Waals surface area contributed by atoms with Gasteiger partial charge < -0.3 is 14.3 Å². The molecular formula is C11H11N2O-. The highest BCUT2D eigenvalue weighted by Gasteiger charge is 1.99. The van der Waals surface area contributed by atoms with E-state index in [4.69, 9.17) is 4.74 Å². The van der Waals surface area contributed by atoms with Crippen molar-refractivity contribution in [3.8, 4) is 17.0 Å². The van der Waals surface area contributed by atoms with Crippen LogP contribution in [0.15, 0.2) is 30.6 Å². The smallest absolute Gasteiger partial charge is 0.0759 e. The quantitative estimate of drug-likeness (QED) is 0.671. The largest absolute Gasteiger partial charge is 0.509 e. The van der Waals surface area contributed by atoms with Gasteiger partial charge in [-0.3, -0.25) is 0 Å². The van der Waals surface area contributed by atoms with Gasteiger partial charge in [0.15, 0.2) is 0 Å². The molecule has 1 aromatic heterocycles. The molecule has 3 nitrogen and oxygen atoms in total. The Kier molecular flexibility index (Phi) is 2.23. The Morgan fingerprint density at radius 2 is 2.14 bits per heavy atom.